The summed E-state index contributed by atoms with van der Waals surface area (Å²) in [6.07, 6.45) is 0. The molecule has 1 amide bonds. The Hall–Kier alpha value is -2.66. The van der Waals surface area contributed by atoms with E-state index in [1.807, 2.05) is 49.2 Å². The van der Waals surface area contributed by atoms with E-state index >= 15 is 0 Å². The first-order valence-corrected chi connectivity index (χ1v) is 8.12. The van der Waals surface area contributed by atoms with Crippen molar-refractivity contribution in [2.45, 2.75) is 20.4 Å². The summed E-state index contributed by atoms with van der Waals surface area (Å²) in [4.78, 5) is 25.6. The van der Waals surface area contributed by atoms with Gasteiger partial charge >= 0.3 is 0 Å². The molecule has 2 aromatic rings. The largest absolute Gasteiger partial charge is 0.496 e. The van der Waals surface area contributed by atoms with Crippen molar-refractivity contribution >= 4 is 17.4 Å². The first-order valence-electron chi connectivity index (χ1n) is 8.12. The Morgan fingerprint density at radius 1 is 1.12 bits per heavy atom. The molecule has 0 bridgehead atoms. The first kappa shape index (κ1) is 18.7. The molecule has 0 fully saturated rings. The van der Waals surface area contributed by atoms with Crippen LogP contribution in [0.2, 0.25) is 0 Å². The number of nitrogens with one attached hydrogen (secondary N) is 1. The second-order valence-electron chi connectivity index (χ2n) is 6.17. The van der Waals surface area contributed by atoms with Crippen LogP contribution in [-0.2, 0) is 11.3 Å². The van der Waals surface area contributed by atoms with Crippen LogP contribution in [0.5, 0.6) is 5.75 Å². The molecule has 0 aliphatic carbocycles. The zero-order valence-corrected chi connectivity index (χ0v) is 15.1. The number of likely N-dealkylation sites (N-methyl/N-ethyl adjacent to an activating group) is 1. The zero-order valence-electron chi connectivity index (χ0n) is 15.1. The number of aryl methyl sites for hydroxylation is 1. The number of benzene rings is 2. The molecule has 0 atom stereocenters. The number of Topliss-reactive ketones (excluding diaryl/α,β-unsaturated/α-hetero) is 1. The number of carbonyl (C=O) groups excluding carboxylic acids is 2. The molecule has 5 nitrogen and oxygen atoms in total. The lowest BCUT2D eigenvalue weighted by atomic mass is 10.1. The van der Waals surface area contributed by atoms with Crippen LogP contribution in [0.3, 0.4) is 0 Å². The molecule has 0 saturated carbocycles. The molecule has 2 rings (SSSR count). The maximum absolute atomic E-state index is 12.2. The van der Waals surface area contributed by atoms with Crippen LogP contribution in [-0.4, -0.2) is 37.3 Å². The van der Waals surface area contributed by atoms with Crippen molar-refractivity contribution in [3.8, 4) is 5.75 Å². The Morgan fingerprint density at radius 3 is 2.40 bits per heavy atom. The highest BCUT2D eigenvalue weighted by Gasteiger charge is 2.12. The van der Waals surface area contributed by atoms with E-state index in [0.717, 1.165) is 16.8 Å². The van der Waals surface area contributed by atoms with Crippen molar-refractivity contribution in [2.24, 2.45) is 0 Å². The van der Waals surface area contributed by atoms with Gasteiger partial charge in [0.1, 0.15) is 5.75 Å². The monoisotopic (exact) mass is 340 g/mol. The Labute approximate surface area is 148 Å². The van der Waals surface area contributed by atoms with Crippen molar-refractivity contribution in [2.75, 3.05) is 26.0 Å². The summed E-state index contributed by atoms with van der Waals surface area (Å²) in [5.41, 5.74) is 3.43. The normalized spacial score (nSPS) is 10.6. The number of hydrogen-bond donors (Lipinski definition) is 1. The predicted molar refractivity (Wildman–Crippen MR) is 99.1 cm³/mol. The molecule has 0 radical (unpaired) electrons. The number of nitrogens with zero attached hydrogens (tertiary/aromatic N) is 1. The lowest BCUT2D eigenvalue weighted by molar-refractivity contribution is -0.117. The molecule has 0 aliphatic rings. The van der Waals surface area contributed by atoms with Gasteiger partial charge in [-0.25, -0.2) is 0 Å². The van der Waals surface area contributed by atoms with Crippen LogP contribution < -0.4 is 10.1 Å². The van der Waals surface area contributed by atoms with Crippen LogP contribution in [0.1, 0.15) is 28.4 Å². The third-order valence-corrected chi connectivity index (χ3v) is 3.88. The quantitative estimate of drug-likeness (QED) is 0.786. The van der Waals surface area contributed by atoms with Crippen LogP contribution in [0.15, 0.2) is 42.5 Å². The summed E-state index contributed by atoms with van der Waals surface area (Å²) in [6.45, 7) is 4.28. The maximum Gasteiger partial charge on any atom is 0.238 e. The van der Waals surface area contributed by atoms with E-state index in [9.17, 15) is 9.59 Å². The van der Waals surface area contributed by atoms with Crippen LogP contribution in [0, 0.1) is 6.92 Å². The Kier molecular flexibility index (Phi) is 6.31. The highest BCUT2D eigenvalue weighted by atomic mass is 16.5. The van der Waals surface area contributed by atoms with Gasteiger partial charge in [0.2, 0.25) is 5.91 Å². The SMILES string of the molecule is COc1ccc(C(C)=O)cc1CN(C)CC(=O)Nc1ccc(C)cc1. The molecule has 0 unspecified atom stereocenters. The number of carbonyl (C=O) groups is 2. The molecule has 0 spiro atoms. The smallest absolute Gasteiger partial charge is 0.238 e. The summed E-state index contributed by atoms with van der Waals surface area (Å²) < 4.78 is 5.35. The first-order chi connectivity index (χ1) is 11.9. The summed E-state index contributed by atoms with van der Waals surface area (Å²) in [5.74, 6) is 0.618. The highest BCUT2D eigenvalue weighted by molar-refractivity contribution is 5.94. The van der Waals surface area contributed by atoms with Crippen molar-refractivity contribution in [1.29, 1.82) is 0 Å². The second kappa shape index (κ2) is 8.44. The van der Waals surface area contributed by atoms with E-state index in [1.54, 1.807) is 19.2 Å². The number of ketones is 1. The summed E-state index contributed by atoms with van der Waals surface area (Å²) in [6, 6.07) is 13.0. The molecule has 132 valence electrons. The van der Waals surface area contributed by atoms with Gasteiger partial charge in [0.05, 0.1) is 13.7 Å². The van der Waals surface area contributed by atoms with Crippen LogP contribution >= 0.6 is 0 Å². The standard InChI is InChI=1S/C20H24N2O3/c1-14-5-8-18(9-6-14)21-20(24)13-22(3)12-17-11-16(15(2)23)7-10-19(17)25-4/h5-11H,12-13H2,1-4H3,(H,21,24). The van der Waals surface area contributed by atoms with E-state index in [0.29, 0.717) is 17.9 Å². The summed E-state index contributed by atoms with van der Waals surface area (Å²) in [7, 11) is 3.45. The molecular formula is C20H24N2O3. The maximum atomic E-state index is 12.2. The van der Waals surface area contributed by atoms with E-state index < -0.39 is 0 Å². The van der Waals surface area contributed by atoms with E-state index in [-0.39, 0.29) is 18.2 Å². The van der Waals surface area contributed by atoms with E-state index in [4.69, 9.17) is 4.74 Å². The Balaban J connectivity index is 2.00. The van der Waals surface area contributed by atoms with Crippen molar-refractivity contribution in [3.05, 3.63) is 59.2 Å². The van der Waals surface area contributed by atoms with Gasteiger partial charge in [0.25, 0.3) is 0 Å². The number of hydrogen-bond acceptors (Lipinski definition) is 4. The summed E-state index contributed by atoms with van der Waals surface area (Å²) in [5, 5.41) is 2.88. The third-order valence-electron chi connectivity index (χ3n) is 3.88. The fraction of sp³-hybridized carbons (Fsp3) is 0.300. The van der Waals surface area contributed by atoms with Crippen molar-refractivity contribution in [1.82, 2.24) is 4.90 Å². The molecule has 5 heteroatoms. The second-order valence-corrected chi connectivity index (χ2v) is 6.17. The van der Waals surface area contributed by atoms with E-state index in [1.165, 1.54) is 6.92 Å². The van der Waals surface area contributed by atoms with Gasteiger partial charge in [-0.2, -0.15) is 0 Å². The molecule has 1 N–H and O–H groups in total. The highest BCUT2D eigenvalue weighted by Crippen LogP contribution is 2.21. The topological polar surface area (TPSA) is 58.6 Å². The third kappa shape index (κ3) is 5.43. The molecule has 25 heavy (non-hydrogen) atoms. The molecule has 0 aromatic heterocycles. The van der Waals surface area contributed by atoms with Gasteiger partial charge in [0.15, 0.2) is 5.78 Å². The van der Waals surface area contributed by atoms with Gasteiger partial charge in [-0.1, -0.05) is 17.7 Å². The number of ether oxygens (including phenoxy) is 1. The van der Waals surface area contributed by atoms with Gasteiger partial charge in [0, 0.05) is 23.4 Å². The van der Waals surface area contributed by atoms with Gasteiger partial charge < -0.3 is 10.1 Å². The van der Waals surface area contributed by atoms with Crippen molar-refractivity contribution < 1.29 is 14.3 Å². The molecular weight excluding hydrogens is 316 g/mol. The van der Waals surface area contributed by atoms with Crippen molar-refractivity contribution in [3.63, 3.8) is 0 Å². The van der Waals surface area contributed by atoms with Crippen LogP contribution in [0.4, 0.5) is 5.69 Å². The fourth-order valence-electron chi connectivity index (χ4n) is 2.55. The van der Waals surface area contributed by atoms with Gasteiger partial charge in [-0.05, 0) is 51.2 Å². The van der Waals surface area contributed by atoms with Crippen LogP contribution in [0.25, 0.3) is 0 Å². The number of rotatable bonds is 7. The molecule has 0 saturated heterocycles. The number of methoxy groups -OCH3 is 1. The number of anilines is 1. The predicted octanol–water partition coefficient (Wildman–Crippen LogP) is 3.28. The zero-order chi connectivity index (χ0) is 18.4. The lowest BCUT2D eigenvalue weighted by Gasteiger charge is -2.18. The minimum absolute atomic E-state index is 0.00340. The molecule has 0 aliphatic heterocycles. The Bertz CT molecular complexity index is 754. The van der Waals surface area contributed by atoms with Gasteiger partial charge in [-0.15, -0.1) is 0 Å². The molecule has 0 heterocycles. The average molecular weight is 340 g/mol. The minimum atomic E-state index is -0.0898. The Morgan fingerprint density at radius 2 is 1.80 bits per heavy atom. The molecule has 2 aromatic carbocycles. The van der Waals surface area contributed by atoms with Gasteiger partial charge in [-0.3, -0.25) is 14.5 Å². The average Bonchev–Trinajstić information content (AvgIpc) is 2.56. The number of amides is 1. The minimum Gasteiger partial charge on any atom is -0.496 e. The lowest BCUT2D eigenvalue weighted by Crippen LogP contribution is -2.30. The summed E-state index contributed by atoms with van der Waals surface area (Å²) >= 11 is 0. The fourth-order valence-corrected chi connectivity index (χ4v) is 2.55. The van der Waals surface area contributed by atoms with E-state index in [2.05, 4.69) is 5.32 Å².